The molecule has 4 aromatic rings. The summed E-state index contributed by atoms with van der Waals surface area (Å²) in [5, 5.41) is 4.35. The summed E-state index contributed by atoms with van der Waals surface area (Å²) in [6.07, 6.45) is 4.48. The van der Waals surface area contributed by atoms with E-state index in [9.17, 15) is 4.79 Å². The summed E-state index contributed by atoms with van der Waals surface area (Å²) in [6.45, 7) is 4.00. The van der Waals surface area contributed by atoms with Crippen LogP contribution in [-0.4, -0.2) is 62.4 Å². The van der Waals surface area contributed by atoms with E-state index < -0.39 is 0 Å². The maximum atomic E-state index is 12.4. The molecule has 0 unspecified atom stereocenters. The van der Waals surface area contributed by atoms with Crippen LogP contribution in [0.1, 0.15) is 19.0 Å². The molecule has 0 atom stereocenters. The van der Waals surface area contributed by atoms with Crippen molar-refractivity contribution in [3.63, 3.8) is 0 Å². The molecule has 2 amide bonds. The number of nitrogens with zero attached hydrogens (tertiary/aromatic N) is 5. The van der Waals surface area contributed by atoms with Gasteiger partial charge in [0.05, 0.1) is 21.1 Å². The van der Waals surface area contributed by atoms with Crippen molar-refractivity contribution < 1.29 is 4.79 Å². The second-order valence-corrected chi connectivity index (χ2v) is 8.44. The Labute approximate surface area is 183 Å². The van der Waals surface area contributed by atoms with Gasteiger partial charge in [-0.05, 0) is 43.2 Å². The minimum Gasteiger partial charge on any atom is -0.340 e. The fraction of sp³-hybridized carbons (Fsp3) is 0.273. The lowest BCUT2D eigenvalue weighted by atomic mass is 10.1. The number of nitrogens with one attached hydrogen (secondary N) is 2. The average Bonchev–Trinajstić information content (AvgIpc) is 3.45. The predicted octanol–water partition coefficient (Wildman–Crippen LogP) is 4.47. The highest BCUT2D eigenvalue weighted by molar-refractivity contribution is 7.16. The number of carbonyl (C=O) groups is 1. The van der Waals surface area contributed by atoms with Crippen LogP contribution in [-0.2, 0) is 0 Å². The van der Waals surface area contributed by atoms with Crippen molar-refractivity contribution in [2.75, 3.05) is 32.0 Å². The minimum atomic E-state index is 0.0738. The summed E-state index contributed by atoms with van der Waals surface area (Å²) in [7, 11) is 1.83. The third-order valence-corrected chi connectivity index (χ3v) is 6.44. The first kappa shape index (κ1) is 19.5. The van der Waals surface area contributed by atoms with Gasteiger partial charge in [-0.3, -0.25) is 0 Å². The summed E-state index contributed by atoms with van der Waals surface area (Å²) in [6, 6.07) is 8.25. The van der Waals surface area contributed by atoms with E-state index in [1.165, 1.54) is 5.57 Å². The lowest BCUT2D eigenvalue weighted by Crippen LogP contribution is -2.43. The quantitative estimate of drug-likeness (QED) is 0.496. The van der Waals surface area contributed by atoms with E-state index in [2.05, 4.69) is 43.5 Å². The number of rotatable bonds is 4. The fourth-order valence-corrected chi connectivity index (χ4v) is 4.46. The maximum absolute atomic E-state index is 12.4. The van der Waals surface area contributed by atoms with E-state index in [0.29, 0.717) is 19.6 Å². The Morgan fingerprint density at radius 3 is 3.00 bits per heavy atom. The highest BCUT2D eigenvalue weighted by atomic mass is 32.1. The summed E-state index contributed by atoms with van der Waals surface area (Å²) in [4.78, 5) is 32.6. The Kier molecular flexibility index (Phi) is 5.03. The van der Waals surface area contributed by atoms with Crippen molar-refractivity contribution in [1.29, 1.82) is 0 Å². The third kappa shape index (κ3) is 3.72. The molecule has 3 aromatic heterocycles. The molecule has 0 saturated carbocycles. The summed E-state index contributed by atoms with van der Waals surface area (Å²) >= 11 is 1.62. The molecule has 0 aliphatic carbocycles. The number of carbonyl (C=O) groups excluding carboxylic acids is 1. The van der Waals surface area contributed by atoms with Crippen LogP contribution in [0.5, 0.6) is 0 Å². The monoisotopic (exact) mass is 433 g/mol. The van der Waals surface area contributed by atoms with Gasteiger partial charge < -0.3 is 20.1 Å². The third-order valence-electron chi connectivity index (χ3n) is 5.65. The van der Waals surface area contributed by atoms with E-state index in [1.54, 1.807) is 22.6 Å². The van der Waals surface area contributed by atoms with Crippen LogP contribution >= 0.6 is 11.3 Å². The zero-order valence-corrected chi connectivity index (χ0v) is 18.2. The Balaban J connectivity index is 1.39. The van der Waals surface area contributed by atoms with Crippen molar-refractivity contribution in [2.24, 2.45) is 0 Å². The lowest BCUT2D eigenvalue weighted by molar-refractivity contribution is 0.169. The van der Waals surface area contributed by atoms with E-state index >= 15 is 0 Å². The molecule has 1 aromatic carbocycles. The van der Waals surface area contributed by atoms with E-state index in [-0.39, 0.29) is 6.03 Å². The van der Waals surface area contributed by atoms with Gasteiger partial charge in [0.25, 0.3) is 0 Å². The molecule has 1 aliphatic rings. The number of fused-ring (bicyclic) bond motifs is 2. The van der Waals surface area contributed by atoms with Crippen LogP contribution in [0, 0.1) is 0 Å². The molecule has 2 N–H and O–H groups in total. The molecular formula is C22H23N7OS. The van der Waals surface area contributed by atoms with Gasteiger partial charge in [-0.2, -0.15) is 0 Å². The number of hydrogen-bond donors (Lipinski definition) is 2. The van der Waals surface area contributed by atoms with Gasteiger partial charge in [-0.1, -0.05) is 6.08 Å². The SMILES string of the molecule is CCN(C)C(=O)N1CC=C(c2cc3c(Nc4ccc5ncsc5c4)ncnc3[nH]2)CC1. The van der Waals surface area contributed by atoms with Gasteiger partial charge in [0.15, 0.2) is 0 Å². The highest BCUT2D eigenvalue weighted by Gasteiger charge is 2.21. The molecule has 1 aliphatic heterocycles. The lowest BCUT2D eigenvalue weighted by Gasteiger charge is -2.30. The second kappa shape index (κ2) is 7.99. The van der Waals surface area contributed by atoms with E-state index in [0.717, 1.165) is 44.9 Å². The second-order valence-electron chi connectivity index (χ2n) is 7.55. The smallest absolute Gasteiger partial charge is 0.320 e. The fourth-order valence-electron chi connectivity index (χ4n) is 3.75. The zero-order valence-electron chi connectivity index (χ0n) is 17.4. The molecular weight excluding hydrogens is 410 g/mol. The normalized spacial score (nSPS) is 14.1. The molecule has 31 heavy (non-hydrogen) atoms. The van der Waals surface area contributed by atoms with Gasteiger partial charge in [0, 0.05) is 38.1 Å². The molecule has 4 heterocycles. The Hall–Kier alpha value is -3.46. The molecule has 158 valence electrons. The van der Waals surface area contributed by atoms with Crippen molar-refractivity contribution in [1.82, 2.24) is 29.7 Å². The van der Waals surface area contributed by atoms with Crippen molar-refractivity contribution in [3.05, 3.63) is 47.9 Å². The molecule has 5 rings (SSSR count). The topological polar surface area (TPSA) is 90.0 Å². The molecule has 0 radical (unpaired) electrons. The predicted molar refractivity (Wildman–Crippen MR) is 125 cm³/mol. The van der Waals surface area contributed by atoms with Gasteiger partial charge in [0.1, 0.15) is 17.8 Å². The van der Waals surface area contributed by atoms with Crippen molar-refractivity contribution in [2.45, 2.75) is 13.3 Å². The molecule has 8 nitrogen and oxygen atoms in total. The number of aromatic nitrogens is 4. The molecule has 0 spiro atoms. The van der Waals surface area contributed by atoms with Gasteiger partial charge in [0.2, 0.25) is 0 Å². The van der Waals surface area contributed by atoms with Crippen molar-refractivity contribution >= 4 is 55.7 Å². The largest absolute Gasteiger partial charge is 0.340 e. The first-order valence-corrected chi connectivity index (χ1v) is 11.1. The number of aromatic amines is 1. The standard InChI is InChI=1S/C22H23N7OS/c1-3-28(2)22(30)29-8-6-14(7-9-29)18-11-16-20(23-12-24-21(16)27-18)26-15-4-5-17-19(10-15)31-13-25-17/h4-6,10-13H,3,7-9H2,1-2H3,(H2,23,24,26,27). The Morgan fingerprint density at radius 1 is 1.29 bits per heavy atom. The van der Waals surface area contributed by atoms with Crippen LogP contribution in [0.2, 0.25) is 0 Å². The number of H-pyrrole nitrogens is 1. The average molecular weight is 434 g/mol. The number of anilines is 2. The summed E-state index contributed by atoms with van der Waals surface area (Å²) < 4.78 is 1.13. The van der Waals surface area contributed by atoms with Crippen LogP contribution in [0.15, 0.2) is 42.2 Å². The van der Waals surface area contributed by atoms with Crippen molar-refractivity contribution in [3.8, 4) is 0 Å². The maximum Gasteiger partial charge on any atom is 0.320 e. The van der Waals surface area contributed by atoms with Crippen LogP contribution in [0.4, 0.5) is 16.3 Å². The van der Waals surface area contributed by atoms with Gasteiger partial charge in [-0.25, -0.2) is 19.7 Å². The molecule has 0 fully saturated rings. The first-order valence-electron chi connectivity index (χ1n) is 10.3. The van der Waals surface area contributed by atoms with E-state index in [1.807, 2.05) is 36.5 Å². The van der Waals surface area contributed by atoms with Gasteiger partial charge >= 0.3 is 6.03 Å². The number of benzene rings is 1. The van der Waals surface area contributed by atoms with Crippen LogP contribution in [0.3, 0.4) is 0 Å². The number of urea groups is 1. The summed E-state index contributed by atoms with van der Waals surface area (Å²) in [5.41, 5.74) is 6.81. The minimum absolute atomic E-state index is 0.0738. The first-order chi connectivity index (χ1) is 15.1. The number of hydrogen-bond acceptors (Lipinski definition) is 6. The Morgan fingerprint density at radius 2 is 2.19 bits per heavy atom. The highest BCUT2D eigenvalue weighted by Crippen LogP contribution is 2.30. The molecule has 0 bridgehead atoms. The van der Waals surface area contributed by atoms with Crippen LogP contribution in [0.25, 0.3) is 26.8 Å². The molecule has 9 heteroatoms. The number of amides is 2. The summed E-state index contributed by atoms with van der Waals surface area (Å²) in [5.74, 6) is 0.758. The Bertz CT molecular complexity index is 1290. The number of thiazole rings is 1. The van der Waals surface area contributed by atoms with Crippen LogP contribution < -0.4 is 5.32 Å². The van der Waals surface area contributed by atoms with Gasteiger partial charge in [-0.15, -0.1) is 11.3 Å². The molecule has 0 saturated heterocycles. The zero-order chi connectivity index (χ0) is 21.4. The van der Waals surface area contributed by atoms with E-state index in [4.69, 9.17) is 0 Å².